The average molecular weight is 345 g/mol. The standard InChI is InChI=1S/C18H14Cl2N2O/c1-22-17-5-3-2-4-13(17)16(21-11-18(22)23)9-7-12-6-8-14(19)15(20)10-12/h2-10H,11H2,1H3/b9-7+. The summed E-state index contributed by atoms with van der Waals surface area (Å²) in [5.74, 6) is -0.0320. The molecule has 0 spiro atoms. The Hall–Kier alpha value is -2.10. The minimum absolute atomic E-state index is 0.0320. The zero-order chi connectivity index (χ0) is 16.4. The first-order valence-electron chi connectivity index (χ1n) is 7.10. The lowest BCUT2D eigenvalue weighted by atomic mass is 10.1. The summed E-state index contributed by atoms with van der Waals surface area (Å²) in [6.45, 7) is 0.131. The van der Waals surface area contributed by atoms with Gasteiger partial charge in [0.2, 0.25) is 5.91 Å². The number of carbonyl (C=O) groups is 1. The average Bonchev–Trinajstić information content (AvgIpc) is 2.68. The first kappa shape index (κ1) is 15.8. The fourth-order valence-corrected chi connectivity index (χ4v) is 2.70. The van der Waals surface area contributed by atoms with Crippen LogP contribution in [0.25, 0.3) is 6.08 Å². The molecule has 0 radical (unpaired) electrons. The molecule has 116 valence electrons. The van der Waals surface area contributed by atoms with Gasteiger partial charge in [-0.15, -0.1) is 0 Å². The predicted octanol–water partition coefficient (Wildman–Crippen LogP) is 4.47. The van der Waals surface area contributed by atoms with Crippen molar-refractivity contribution in [2.24, 2.45) is 4.99 Å². The Balaban J connectivity index is 1.98. The molecular formula is C18H14Cl2N2O. The highest BCUT2D eigenvalue weighted by Crippen LogP contribution is 2.25. The van der Waals surface area contributed by atoms with Crippen molar-refractivity contribution in [3.63, 3.8) is 0 Å². The number of nitrogens with zero attached hydrogens (tertiary/aromatic N) is 2. The molecule has 0 saturated heterocycles. The second kappa shape index (κ2) is 6.57. The van der Waals surface area contributed by atoms with Gasteiger partial charge in [0.15, 0.2) is 0 Å². The highest BCUT2D eigenvalue weighted by Gasteiger charge is 2.19. The van der Waals surface area contributed by atoms with E-state index in [0.29, 0.717) is 10.0 Å². The van der Waals surface area contributed by atoms with E-state index in [1.807, 2.05) is 42.5 Å². The summed E-state index contributed by atoms with van der Waals surface area (Å²) in [7, 11) is 1.77. The van der Waals surface area contributed by atoms with Crippen LogP contribution in [0.5, 0.6) is 0 Å². The number of carbonyl (C=O) groups excluding carboxylic acids is 1. The minimum atomic E-state index is -0.0320. The topological polar surface area (TPSA) is 32.7 Å². The van der Waals surface area contributed by atoms with Crippen molar-refractivity contribution in [1.82, 2.24) is 0 Å². The quantitative estimate of drug-likeness (QED) is 0.790. The SMILES string of the molecule is CN1C(=O)CN=C(/C=C/c2ccc(Cl)c(Cl)c2)c2ccccc21. The molecule has 0 unspecified atom stereocenters. The van der Waals surface area contributed by atoms with Crippen LogP contribution in [0.4, 0.5) is 5.69 Å². The molecule has 2 aromatic rings. The van der Waals surface area contributed by atoms with Gasteiger partial charge < -0.3 is 4.90 Å². The van der Waals surface area contributed by atoms with Gasteiger partial charge in [0.25, 0.3) is 0 Å². The van der Waals surface area contributed by atoms with Gasteiger partial charge in [0.1, 0.15) is 6.54 Å². The van der Waals surface area contributed by atoms with Gasteiger partial charge in [-0.05, 0) is 29.8 Å². The molecule has 0 fully saturated rings. The molecule has 3 nitrogen and oxygen atoms in total. The molecule has 1 amide bonds. The molecule has 2 aromatic carbocycles. The summed E-state index contributed by atoms with van der Waals surface area (Å²) in [4.78, 5) is 18.1. The van der Waals surface area contributed by atoms with Crippen LogP contribution < -0.4 is 4.90 Å². The Morgan fingerprint density at radius 3 is 2.65 bits per heavy atom. The number of halogens is 2. The van der Waals surface area contributed by atoms with Gasteiger partial charge in [-0.3, -0.25) is 9.79 Å². The largest absolute Gasteiger partial charge is 0.313 e. The lowest BCUT2D eigenvalue weighted by Gasteiger charge is -2.16. The van der Waals surface area contributed by atoms with E-state index in [1.54, 1.807) is 24.1 Å². The molecule has 23 heavy (non-hydrogen) atoms. The summed E-state index contributed by atoms with van der Waals surface area (Å²) in [6, 6.07) is 13.2. The smallest absolute Gasteiger partial charge is 0.248 e. The van der Waals surface area contributed by atoms with Crippen molar-refractivity contribution in [3.8, 4) is 0 Å². The fourth-order valence-electron chi connectivity index (χ4n) is 2.39. The zero-order valence-electron chi connectivity index (χ0n) is 12.5. The van der Waals surface area contributed by atoms with E-state index in [0.717, 1.165) is 22.5 Å². The fraction of sp³-hybridized carbons (Fsp3) is 0.111. The van der Waals surface area contributed by atoms with Gasteiger partial charge in [0, 0.05) is 12.6 Å². The van der Waals surface area contributed by atoms with E-state index in [1.165, 1.54) is 0 Å². The molecule has 0 N–H and O–H groups in total. The molecule has 0 saturated carbocycles. The summed E-state index contributed by atoms with van der Waals surface area (Å²) >= 11 is 12.0. The Kier molecular flexibility index (Phi) is 4.51. The molecular weight excluding hydrogens is 331 g/mol. The molecule has 1 heterocycles. The number of hydrogen-bond donors (Lipinski definition) is 0. The number of anilines is 1. The first-order valence-corrected chi connectivity index (χ1v) is 7.85. The van der Waals surface area contributed by atoms with E-state index >= 15 is 0 Å². The molecule has 0 aliphatic carbocycles. The number of para-hydroxylation sites is 1. The number of benzodiazepines with no additional fused rings is 1. The lowest BCUT2D eigenvalue weighted by Crippen LogP contribution is -2.27. The second-order valence-corrected chi connectivity index (χ2v) is 5.99. The first-order chi connectivity index (χ1) is 11.1. The third kappa shape index (κ3) is 3.31. The number of hydrogen-bond acceptors (Lipinski definition) is 2. The van der Waals surface area contributed by atoms with Crippen molar-refractivity contribution in [3.05, 3.63) is 69.7 Å². The van der Waals surface area contributed by atoms with Crippen LogP contribution in [0.15, 0.2) is 53.5 Å². The molecule has 1 aliphatic rings. The van der Waals surface area contributed by atoms with E-state index in [4.69, 9.17) is 23.2 Å². The number of rotatable bonds is 2. The van der Waals surface area contributed by atoms with Crippen LogP contribution in [-0.2, 0) is 4.79 Å². The van der Waals surface area contributed by atoms with E-state index in [2.05, 4.69) is 4.99 Å². The number of fused-ring (bicyclic) bond motifs is 1. The van der Waals surface area contributed by atoms with Crippen LogP contribution >= 0.6 is 23.2 Å². The Bertz CT molecular complexity index is 828. The minimum Gasteiger partial charge on any atom is -0.313 e. The van der Waals surface area contributed by atoms with Crippen molar-refractivity contribution in [2.45, 2.75) is 0 Å². The third-order valence-corrected chi connectivity index (χ3v) is 4.42. The third-order valence-electron chi connectivity index (χ3n) is 3.68. The maximum atomic E-state index is 12.0. The number of aliphatic imine (C=N–C) groups is 1. The number of allylic oxidation sites excluding steroid dienone is 1. The highest BCUT2D eigenvalue weighted by atomic mass is 35.5. The van der Waals surface area contributed by atoms with Crippen LogP contribution in [0, 0.1) is 0 Å². The summed E-state index contributed by atoms with van der Waals surface area (Å²) in [5, 5.41) is 1.03. The van der Waals surface area contributed by atoms with Crippen LogP contribution in [0.1, 0.15) is 11.1 Å². The molecule has 0 atom stereocenters. The van der Waals surface area contributed by atoms with E-state index in [9.17, 15) is 4.79 Å². The van der Waals surface area contributed by atoms with Crippen molar-refractivity contribution >= 4 is 46.6 Å². The monoisotopic (exact) mass is 344 g/mol. The summed E-state index contributed by atoms with van der Waals surface area (Å²) in [6.07, 6.45) is 3.80. The van der Waals surface area contributed by atoms with Gasteiger partial charge in [-0.2, -0.15) is 0 Å². The van der Waals surface area contributed by atoms with Crippen molar-refractivity contribution < 1.29 is 4.79 Å². The lowest BCUT2D eigenvalue weighted by molar-refractivity contribution is -0.116. The Morgan fingerprint density at radius 2 is 1.87 bits per heavy atom. The predicted molar refractivity (Wildman–Crippen MR) is 96.8 cm³/mol. The summed E-state index contributed by atoms with van der Waals surface area (Å²) in [5.41, 5.74) is 3.47. The van der Waals surface area contributed by atoms with Gasteiger partial charge in [-0.25, -0.2) is 0 Å². The number of amides is 1. The molecule has 5 heteroatoms. The highest BCUT2D eigenvalue weighted by molar-refractivity contribution is 6.42. The Labute approximate surface area is 144 Å². The van der Waals surface area contributed by atoms with Crippen molar-refractivity contribution in [2.75, 3.05) is 18.5 Å². The van der Waals surface area contributed by atoms with Gasteiger partial charge in [0.05, 0.1) is 21.4 Å². The van der Waals surface area contributed by atoms with Crippen molar-refractivity contribution in [1.29, 1.82) is 0 Å². The van der Waals surface area contributed by atoms with Crippen LogP contribution in [0.3, 0.4) is 0 Å². The van der Waals surface area contributed by atoms with Gasteiger partial charge in [-0.1, -0.05) is 53.5 Å². The van der Waals surface area contributed by atoms with E-state index in [-0.39, 0.29) is 12.5 Å². The molecule has 1 aliphatic heterocycles. The number of likely N-dealkylation sites (N-methyl/N-ethyl adjacent to an activating group) is 1. The van der Waals surface area contributed by atoms with E-state index < -0.39 is 0 Å². The molecule has 0 aromatic heterocycles. The second-order valence-electron chi connectivity index (χ2n) is 5.18. The number of benzene rings is 2. The molecule has 3 rings (SSSR count). The maximum absolute atomic E-state index is 12.0. The van der Waals surface area contributed by atoms with Crippen LogP contribution in [0.2, 0.25) is 10.0 Å². The maximum Gasteiger partial charge on any atom is 0.248 e. The summed E-state index contributed by atoms with van der Waals surface area (Å²) < 4.78 is 0. The Morgan fingerprint density at radius 1 is 1.09 bits per heavy atom. The normalized spacial score (nSPS) is 14.7. The molecule has 0 bridgehead atoms. The zero-order valence-corrected chi connectivity index (χ0v) is 14.0. The van der Waals surface area contributed by atoms with Crippen LogP contribution in [-0.4, -0.2) is 25.2 Å². The van der Waals surface area contributed by atoms with Gasteiger partial charge >= 0.3 is 0 Å².